The van der Waals surface area contributed by atoms with Gasteiger partial charge in [0.05, 0.1) is 17.8 Å². The van der Waals surface area contributed by atoms with Crippen molar-refractivity contribution in [1.82, 2.24) is 19.7 Å². The number of halogens is 6. The summed E-state index contributed by atoms with van der Waals surface area (Å²) in [6.07, 6.45) is -2.04. The van der Waals surface area contributed by atoms with Crippen molar-refractivity contribution in [1.29, 1.82) is 0 Å². The lowest BCUT2D eigenvalue weighted by Gasteiger charge is -2.22. The van der Waals surface area contributed by atoms with Crippen LogP contribution in [0.15, 0.2) is 57.9 Å². The molecule has 1 fully saturated rings. The van der Waals surface area contributed by atoms with E-state index in [1.807, 2.05) is 13.0 Å². The van der Waals surface area contributed by atoms with Crippen molar-refractivity contribution in [3.05, 3.63) is 98.9 Å². The van der Waals surface area contributed by atoms with Gasteiger partial charge >= 0.3 is 12.6 Å². The lowest BCUT2D eigenvalue weighted by Crippen LogP contribution is -2.30. The minimum absolute atomic E-state index is 0.0215. The van der Waals surface area contributed by atoms with E-state index in [1.165, 1.54) is 31.3 Å². The molecule has 0 spiro atoms. The Hall–Kier alpha value is -3.96. The fraction of sp³-hybridized carbons (Fsp3) is 0.379. The molecule has 0 N–H and O–H groups in total. The average Bonchev–Trinajstić information content (AvgIpc) is 3.32. The molecule has 0 unspecified atom stereocenters. The fourth-order valence-corrected chi connectivity index (χ4v) is 4.81. The molecular weight excluding hydrogens is 550 g/mol. The van der Waals surface area contributed by atoms with Gasteiger partial charge < -0.3 is 4.42 Å². The number of nitrogens with zero attached hydrogens (tertiary/aromatic N) is 4. The van der Waals surface area contributed by atoms with E-state index >= 15 is 0 Å². The zero-order valence-electron chi connectivity index (χ0n) is 22.4. The predicted molar refractivity (Wildman–Crippen MR) is 139 cm³/mol. The topological polar surface area (TPSA) is 73.8 Å². The summed E-state index contributed by atoms with van der Waals surface area (Å²) in [6.45, 7) is 2.77. The predicted octanol–water partition coefficient (Wildman–Crippen LogP) is 7.79. The van der Waals surface area contributed by atoms with E-state index in [-0.39, 0.29) is 34.6 Å². The highest BCUT2D eigenvalue weighted by atomic mass is 19.4. The van der Waals surface area contributed by atoms with Gasteiger partial charge in [-0.1, -0.05) is 31.4 Å². The van der Waals surface area contributed by atoms with E-state index < -0.39 is 36.2 Å². The third kappa shape index (κ3) is 7.42. The van der Waals surface area contributed by atoms with Gasteiger partial charge in [0, 0.05) is 11.8 Å². The smallest absolute Gasteiger partial charge is 0.418 e. The summed E-state index contributed by atoms with van der Waals surface area (Å²) in [5.41, 5.74) is -0.409. The summed E-state index contributed by atoms with van der Waals surface area (Å²) in [6, 6.07) is 10.0. The average molecular weight is 579 g/mol. The number of alkyl halides is 5. The van der Waals surface area contributed by atoms with Crippen molar-refractivity contribution in [3.63, 3.8) is 0 Å². The summed E-state index contributed by atoms with van der Waals surface area (Å²) in [7, 11) is 0. The molecule has 1 aliphatic rings. The molecule has 3 heterocycles. The quantitative estimate of drug-likeness (QED) is 0.226. The van der Waals surface area contributed by atoms with E-state index in [2.05, 4.69) is 15.1 Å². The first-order chi connectivity index (χ1) is 19.4. The number of hydrogen-bond donors (Lipinski definition) is 0. The highest BCUT2D eigenvalue weighted by molar-refractivity contribution is 5.57. The van der Waals surface area contributed by atoms with Crippen molar-refractivity contribution < 1.29 is 30.8 Å². The monoisotopic (exact) mass is 578 g/mol. The number of aryl methyl sites for hydroxylation is 2. The maximum absolute atomic E-state index is 13.5. The Kier molecular flexibility index (Phi) is 9.29. The third-order valence-corrected chi connectivity index (χ3v) is 6.76. The molecule has 0 bridgehead atoms. The SMILES string of the molecule is Cc1cccc(F)c1.Cc1oc(C(F)F)nc1-c1cc(C2CCCCC2)c(=O)n(Cc2ncccc2C(F)(F)F)n1. The molecule has 1 aliphatic carbocycles. The Balaban J connectivity index is 0.000000417. The number of pyridine rings is 1. The lowest BCUT2D eigenvalue weighted by molar-refractivity contribution is -0.138. The Labute approximate surface area is 232 Å². The second-order valence-electron chi connectivity index (χ2n) is 9.83. The van der Waals surface area contributed by atoms with Gasteiger partial charge in [0.2, 0.25) is 0 Å². The number of hydrogen-bond acceptors (Lipinski definition) is 5. The van der Waals surface area contributed by atoms with E-state index in [1.54, 1.807) is 6.07 Å². The number of aromatic nitrogens is 4. The summed E-state index contributed by atoms with van der Waals surface area (Å²) >= 11 is 0. The van der Waals surface area contributed by atoms with Crippen molar-refractivity contribution in [2.45, 2.75) is 71.0 Å². The molecule has 218 valence electrons. The van der Waals surface area contributed by atoms with Gasteiger partial charge in [-0.05, 0) is 68.5 Å². The van der Waals surface area contributed by atoms with E-state index in [0.717, 1.165) is 54.5 Å². The van der Waals surface area contributed by atoms with Gasteiger partial charge in [-0.3, -0.25) is 9.78 Å². The molecule has 1 saturated carbocycles. The maximum Gasteiger partial charge on any atom is 0.418 e. The molecule has 4 aromatic rings. The minimum atomic E-state index is -4.66. The largest absolute Gasteiger partial charge is 0.440 e. The van der Waals surface area contributed by atoms with Crippen LogP contribution in [-0.2, 0) is 12.7 Å². The fourth-order valence-electron chi connectivity index (χ4n) is 4.81. The molecule has 3 aromatic heterocycles. The van der Waals surface area contributed by atoms with Crippen LogP contribution < -0.4 is 5.56 Å². The number of rotatable bonds is 5. The number of benzene rings is 1. The highest BCUT2D eigenvalue weighted by Gasteiger charge is 2.34. The molecule has 0 amide bonds. The van der Waals surface area contributed by atoms with Gasteiger partial charge in [-0.15, -0.1) is 0 Å². The molecule has 41 heavy (non-hydrogen) atoms. The van der Waals surface area contributed by atoms with Crippen LogP contribution in [0.3, 0.4) is 0 Å². The first kappa shape index (κ1) is 30.0. The summed E-state index contributed by atoms with van der Waals surface area (Å²) in [5, 5.41) is 4.18. The van der Waals surface area contributed by atoms with Gasteiger partial charge in [0.1, 0.15) is 23.0 Å². The van der Waals surface area contributed by atoms with Gasteiger partial charge in [0.25, 0.3) is 11.4 Å². The number of oxazole rings is 1. The molecule has 0 saturated heterocycles. The molecule has 0 atom stereocenters. The van der Waals surface area contributed by atoms with E-state index in [9.17, 15) is 31.1 Å². The molecule has 12 heteroatoms. The van der Waals surface area contributed by atoms with Crippen LogP contribution in [-0.4, -0.2) is 19.7 Å². The second kappa shape index (κ2) is 12.7. The van der Waals surface area contributed by atoms with E-state index in [4.69, 9.17) is 4.42 Å². The third-order valence-electron chi connectivity index (χ3n) is 6.76. The summed E-state index contributed by atoms with van der Waals surface area (Å²) in [5.74, 6) is -0.978. The lowest BCUT2D eigenvalue weighted by atomic mass is 9.84. The zero-order chi connectivity index (χ0) is 29.7. The Morgan fingerprint density at radius 3 is 2.37 bits per heavy atom. The van der Waals surface area contributed by atoms with Gasteiger partial charge in [-0.25, -0.2) is 14.1 Å². The molecular formula is C29H28F6N4O2. The van der Waals surface area contributed by atoms with Crippen LogP contribution in [0, 0.1) is 19.7 Å². The minimum Gasteiger partial charge on any atom is -0.440 e. The standard InChI is InChI=1S/C22H21F5N4O2.C7H7F/c1-12-18(29-20(33-12)19(23)24)16-10-14(13-6-3-2-4-7-13)21(32)31(30-16)11-17-15(22(25,26)27)8-5-9-28-17;1-6-3-2-4-7(8)5-6/h5,8-10,13,19H,2-4,6-7,11H2,1H3;2-5H,1H3. The van der Waals surface area contributed by atoms with Crippen molar-refractivity contribution in [3.8, 4) is 11.4 Å². The highest BCUT2D eigenvalue weighted by Crippen LogP contribution is 2.34. The summed E-state index contributed by atoms with van der Waals surface area (Å²) in [4.78, 5) is 20.9. The second-order valence-corrected chi connectivity index (χ2v) is 9.83. The van der Waals surface area contributed by atoms with Crippen LogP contribution in [0.2, 0.25) is 0 Å². The Morgan fingerprint density at radius 2 is 1.78 bits per heavy atom. The Morgan fingerprint density at radius 1 is 1.05 bits per heavy atom. The first-order valence-corrected chi connectivity index (χ1v) is 13.0. The normalized spacial score (nSPS) is 14.2. The maximum atomic E-state index is 13.5. The molecule has 1 aromatic carbocycles. The van der Waals surface area contributed by atoms with Crippen molar-refractivity contribution in [2.24, 2.45) is 0 Å². The van der Waals surface area contributed by atoms with Gasteiger partial charge in [-0.2, -0.15) is 27.1 Å². The Bertz CT molecular complexity index is 1520. The van der Waals surface area contributed by atoms with E-state index in [0.29, 0.717) is 5.56 Å². The molecule has 0 aliphatic heterocycles. The van der Waals surface area contributed by atoms with Crippen molar-refractivity contribution in [2.75, 3.05) is 0 Å². The molecule has 5 rings (SSSR count). The first-order valence-electron chi connectivity index (χ1n) is 13.0. The van der Waals surface area contributed by atoms with Crippen LogP contribution in [0.4, 0.5) is 26.3 Å². The van der Waals surface area contributed by atoms with Crippen LogP contribution in [0.25, 0.3) is 11.4 Å². The van der Waals surface area contributed by atoms with Crippen molar-refractivity contribution >= 4 is 0 Å². The van der Waals surface area contributed by atoms with Crippen LogP contribution >= 0.6 is 0 Å². The zero-order valence-corrected chi connectivity index (χ0v) is 22.4. The molecule has 6 nitrogen and oxygen atoms in total. The molecule has 0 radical (unpaired) electrons. The van der Waals surface area contributed by atoms with Crippen LogP contribution in [0.1, 0.15) is 78.5 Å². The summed E-state index contributed by atoms with van der Waals surface area (Å²) < 4.78 is 84.6. The van der Waals surface area contributed by atoms with Crippen LogP contribution in [0.5, 0.6) is 0 Å². The van der Waals surface area contributed by atoms with Gasteiger partial charge in [0.15, 0.2) is 0 Å².